The molecule has 0 radical (unpaired) electrons. The number of nitrogens with zero attached hydrogens (tertiary/aromatic N) is 1. The largest absolute Gasteiger partial charge is 0.368 e. The quantitative estimate of drug-likeness (QED) is 0.871. The van der Waals surface area contributed by atoms with E-state index in [2.05, 4.69) is 26.1 Å². The summed E-state index contributed by atoms with van der Waals surface area (Å²) in [6.07, 6.45) is 0.150. The van der Waals surface area contributed by atoms with Crippen LogP contribution in [0.15, 0.2) is 24.3 Å². The average molecular weight is 301 g/mol. The van der Waals surface area contributed by atoms with Crippen molar-refractivity contribution in [1.29, 1.82) is 5.26 Å². The van der Waals surface area contributed by atoms with Crippen LogP contribution in [0.1, 0.15) is 50.0 Å². The normalized spacial score (nSPS) is 13.8. The molecule has 22 heavy (non-hydrogen) atoms. The summed E-state index contributed by atoms with van der Waals surface area (Å²) in [5.74, 6) is -1.34. The minimum atomic E-state index is -0.852. The zero-order chi connectivity index (χ0) is 16.9. The summed E-state index contributed by atoms with van der Waals surface area (Å²) in [7, 11) is 0. The molecule has 1 rings (SSSR count). The molecule has 1 aromatic carbocycles. The second-order valence-corrected chi connectivity index (χ2v) is 6.52. The maximum Gasteiger partial charge on any atom is 0.251 e. The summed E-state index contributed by atoms with van der Waals surface area (Å²) < 4.78 is 0. The fourth-order valence-electron chi connectivity index (χ4n) is 2.10. The Balaban J connectivity index is 2.87. The van der Waals surface area contributed by atoms with Gasteiger partial charge in [-0.25, -0.2) is 0 Å². The van der Waals surface area contributed by atoms with E-state index in [9.17, 15) is 9.59 Å². The van der Waals surface area contributed by atoms with Gasteiger partial charge in [-0.1, -0.05) is 39.8 Å². The van der Waals surface area contributed by atoms with Crippen LogP contribution < -0.4 is 11.1 Å². The third-order valence-corrected chi connectivity index (χ3v) is 3.59. The highest BCUT2D eigenvalue weighted by atomic mass is 16.2. The Kier molecular flexibility index (Phi) is 5.69. The number of hydrogen-bond acceptors (Lipinski definition) is 3. The number of nitrogens with two attached hydrogens (primary N) is 1. The maximum atomic E-state index is 12.2. The summed E-state index contributed by atoms with van der Waals surface area (Å²) in [5.41, 5.74) is 6.90. The summed E-state index contributed by atoms with van der Waals surface area (Å²) in [6, 6.07) is 8.37. The van der Waals surface area contributed by atoms with Crippen molar-refractivity contribution in [2.45, 2.75) is 45.6 Å². The fraction of sp³-hybridized carbons (Fsp3) is 0.471. The Morgan fingerprint density at radius 1 is 1.27 bits per heavy atom. The predicted octanol–water partition coefficient (Wildman–Crippen LogP) is 2.12. The summed E-state index contributed by atoms with van der Waals surface area (Å²) in [6.45, 7) is 7.99. The van der Waals surface area contributed by atoms with Crippen LogP contribution >= 0.6 is 0 Å². The van der Waals surface area contributed by atoms with E-state index in [4.69, 9.17) is 11.0 Å². The molecule has 0 saturated heterocycles. The van der Waals surface area contributed by atoms with Crippen molar-refractivity contribution in [3.8, 4) is 6.07 Å². The van der Waals surface area contributed by atoms with Crippen molar-refractivity contribution in [3.63, 3.8) is 0 Å². The van der Waals surface area contributed by atoms with E-state index in [0.29, 0.717) is 5.56 Å². The minimum Gasteiger partial charge on any atom is -0.368 e. The zero-order valence-corrected chi connectivity index (χ0v) is 13.5. The molecule has 0 aliphatic heterocycles. The lowest BCUT2D eigenvalue weighted by Gasteiger charge is -2.21. The van der Waals surface area contributed by atoms with Gasteiger partial charge in [-0.3, -0.25) is 9.59 Å². The highest BCUT2D eigenvalue weighted by molar-refractivity contribution is 5.97. The number of nitrogens with one attached hydrogen (secondary N) is 1. The van der Waals surface area contributed by atoms with E-state index in [1.54, 1.807) is 19.1 Å². The summed E-state index contributed by atoms with van der Waals surface area (Å²) in [5, 5.41) is 11.3. The second kappa shape index (κ2) is 7.08. The predicted molar refractivity (Wildman–Crippen MR) is 85.0 cm³/mol. The first-order valence-corrected chi connectivity index (χ1v) is 7.24. The molecule has 3 N–H and O–H groups in total. The van der Waals surface area contributed by atoms with Gasteiger partial charge in [-0.15, -0.1) is 0 Å². The summed E-state index contributed by atoms with van der Waals surface area (Å²) in [4.78, 5) is 23.7. The van der Waals surface area contributed by atoms with E-state index < -0.39 is 11.9 Å². The fourth-order valence-corrected chi connectivity index (χ4v) is 2.10. The molecule has 0 unspecified atom stereocenters. The monoisotopic (exact) mass is 301 g/mol. The molecule has 0 aliphatic rings. The first-order valence-electron chi connectivity index (χ1n) is 7.24. The van der Waals surface area contributed by atoms with Crippen molar-refractivity contribution in [2.24, 2.45) is 11.7 Å². The van der Waals surface area contributed by atoms with Crippen LogP contribution in [0.4, 0.5) is 0 Å². The van der Waals surface area contributed by atoms with Crippen LogP contribution in [0.2, 0.25) is 0 Å². The number of benzene rings is 1. The van der Waals surface area contributed by atoms with Gasteiger partial charge in [-0.2, -0.15) is 5.26 Å². The van der Waals surface area contributed by atoms with Gasteiger partial charge in [0.25, 0.3) is 5.91 Å². The Morgan fingerprint density at radius 2 is 1.82 bits per heavy atom. The SMILES string of the molecule is C[C@@H](CC#N)[C@H](NC(=O)c1ccc(C(C)(C)C)cc1)C(N)=O. The van der Waals surface area contributed by atoms with Crippen LogP contribution in [0.25, 0.3) is 0 Å². The van der Waals surface area contributed by atoms with Crippen LogP contribution in [0.3, 0.4) is 0 Å². The highest BCUT2D eigenvalue weighted by Gasteiger charge is 2.25. The van der Waals surface area contributed by atoms with Gasteiger partial charge >= 0.3 is 0 Å². The molecule has 0 saturated carbocycles. The maximum absolute atomic E-state index is 12.2. The molecule has 0 heterocycles. The Bertz CT molecular complexity index is 579. The Hall–Kier alpha value is -2.35. The molecule has 0 aliphatic carbocycles. The standard InChI is InChI=1S/C17H23N3O2/c1-11(9-10-18)14(15(19)21)20-16(22)12-5-7-13(8-6-12)17(2,3)4/h5-8,11,14H,9H2,1-4H3,(H2,19,21)(H,20,22)/t11-,14-/m0/s1. The molecule has 0 spiro atoms. The smallest absolute Gasteiger partial charge is 0.251 e. The van der Waals surface area contributed by atoms with Crippen LogP contribution in [0.5, 0.6) is 0 Å². The lowest BCUT2D eigenvalue weighted by Crippen LogP contribution is -2.48. The summed E-state index contributed by atoms with van der Waals surface area (Å²) >= 11 is 0. The molecule has 2 amide bonds. The lowest BCUT2D eigenvalue weighted by atomic mass is 9.86. The van der Waals surface area contributed by atoms with Crippen molar-refractivity contribution < 1.29 is 9.59 Å². The number of carbonyl (C=O) groups is 2. The van der Waals surface area contributed by atoms with E-state index in [-0.39, 0.29) is 23.7 Å². The highest BCUT2D eigenvalue weighted by Crippen LogP contribution is 2.22. The molecular weight excluding hydrogens is 278 g/mol. The molecule has 1 aromatic rings. The van der Waals surface area contributed by atoms with Gasteiger partial charge in [0, 0.05) is 12.0 Å². The topological polar surface area (TPSA) is 96.0 Å². The van der Waals surface area contributed by atoms with Crippen molar-refractivity contribution in [1.82, 2.24) is 5.32 Å². The van der Waals surface area contributed by atoms with Gasteiger partial charge in [0.05, 0.1) is 6.07 Å². The molecule has 5 heteroatoms. The molecule has 0 fully saturated rings. The van der Waals surface area contributed by atoms with Crippen LogP contribution in [-0.4, -0.2) is 17.9 Å². The molecular formula is C17H23N3O2. The van der Waals surface area contributed by atoms with E-state index in [1.165, 1.54) is 0 Å². The van der Waals surface area contributed by atoms with E-state index in [1.807, 2.05) is 18.2 Å². The Labute approximate surface area is 131 Å². The number of amides is 2. The van der Waals surface area contributed by atoms with Crippen molar-refractivity contribution in [2.75, 3.05) is 0 Å². The molecule has 0 bridgehead atoms. The van der Waals surface area contributed by atoms with E-state index in [0.717, 1.165) is 5.56 Å². The number of carbonyl (C=O) groups excluding carboxylic acids is 2. The molecule has 5 nitrogen and oxygen atoms in total. The van der Waals surface area contributed by atoms with Crippen LogP contribution in [-0.2, 0) is 10.2 Å². The molecule has 118 valence electrons. The molecule has 0 aromatic heterocycles. The zero-order valence-electron chi connectivity index (χ0n) is 13.5. The lowest BCUT2D eigenvalue weighted by molar-refractivity contribution is -0.120. The Morgan fingerprint density at radius 3 is 2.23 bits per heavy atom. The number of nitriles is 1. The number of primary amides is 1. The average Bonchev–Trinajstić information content (AvgIpc) is 2.43. The van der Waals surface area contributed by atoms with Gasteiger partial charge in [0.1, 0.15) is 6.04 Å². The van der Waals surface area contributed by atoms with Gasteiger partial charge in [0.2, 0.25) is 5.91 Å². The number of hydrogen-bond donors (Lipinski definition) is 2. The van der Waals surface area contributed by atoms with Gasteiger partial charge in [-0.05, 0) is 29.0 Å². The van der Waals surface area contributed by atoms with Crippen molar-refractivity contribution >= 4 is 11.8 Å². The second-order valence-electron chi connectivity index (χ2n) is 6.52. The first kappa shape index (κ1) is 17.7. The van der Waals surface area contributed by atoms with Gasteiger partial charge < -0.3 is 11.1 Å². The first-order chi connectivity index (χ1) is 10.2. The van der Waals surface area contributed by atoms with Gasteiger partial charge in [0.15, 0.2) is 0 Å². The van der Waals surface area contributed by atoms with Crippen LogP contribution in [0, 0.1) is 17.2 Å². The number of rotatable bonds is 5. The minimum absolute atomic E-state index is 0.00603. The third kappa shape index (κ3) is 4.59. The van der Waals surface area contributed by atoms with E-state index >= 15 is 0 Å². The third-order valence-electron chi connectivity index (χ3n) is 3.59. The van der Waals surface area contributed by atoms with Crippen molar-refractivity contribution in [3.05, 3.63) is 35.4 Å². The molecule has 2 atom stereocenters.